The lowest BCUT2D eigenvalue weighted by Crippen LogP contribution is -2.31. The number of benzene rings is 1. The molecule has 0 radical (unpaired) electrons. The summed E-state index contributed by atoms with van der Waals surface area (Å²) in [6.45, 7) is 7.87. The number of H-pyrrole nitrogens is 1. The van der Waals surface area contributed by atoms with Crippen molar-refractivity contribution in [2.24, 2.45) is 11.8 Å². The zero-order chi connectivity index (χ0) is 20.9. The van der Waals surface area contributed by atoms with Crippen molar-refractivity contribution < 1.29 is 4.79 Å². The third-order valence-electron chi connectivity index (χ3n) is 6.69. The second-order valence-electron chi connectivity index (χ2n) is 9.63. The van der Waals surface area contributed by atoms with Gasteiger partial charge in [-0.1, -0.05) is 52.0 Å². The molecule has 1 saturated carbocycles. The highest BCUT2D eigenvalue weighted by atomic mass is 16.1. The van der Waals surface area contributed by atoms with E-state index in [4.69, 9.17) is 0 Å². The van der Waals surface area contributed by atoms with E-state index in [9.17, 15) is 4.79 Å². The SMILES string of the molecule is CC(C)CN1CC=C(c2c[nH]c3ccc(NC(=O)C4CCCCCCC4)cc23)CC1. The molecule has 0 spiro atoms. The maximum Gasteiger partial charge on any atom is 0.227 e. The van der Waals surface area contributed by atoms with Gasteiger partial charge in [0, 0.05) is 53.9 Å². The van der Waals surface area contributed by atoms with Gasteiger partial charge in [-0.2, -0.15) is 0 Å². The fourth-order valence-corrected chi connectivity index (χ4v) is 5.06. The molecule has 1 aromatic carbocycles. The molecule has 4 rings (SSSR count). The number of hydrogen-bond acceptors (Lipinski definition) is 2. The van der Waals surface area contributed by atoms with Gasteiger partial charge in [0.1, 0.15) is 0 Å². The van der Waals surface area contributed by atoms with E-state index in [1.807, 2.05) is 6.07 Å². The topological polar surface area (TPSA) is 48.1 Å². The van der Waals surface area contributed by atoms with E-state index in [2.05, 4.69) is 53.5 Å². The number of rotatable bonds is 5. The summed E-state index contributed by atoms with van der Waals surface area (Å²) in [5, 5.41) is 4.44. The van der Waals surface area contributed by atoms with Crippen molar-refractivity contribution in [3.05, 3.63) is 36.0 Å². The summed E-state index contributed by atoms with van der Waals surface area (Å²) in [5.41, 5.74) is 4.77. The standard InChI is InChI=1S/C26H37N3O/c1-19(2)18-29-14-12-20(13-15-29)24-17-27-25-11-10-22(16-23(24)25)28-26(30)21-8-6-4-3-5-7-9-21/h10-12,16-17,19,21,27H,3-9,13-15,18H2,1-2H3,(H,28,30). The molecule has 0 saturated heterocycles. The lowest BCUT2D eigenvalue weighted by atomic mass is 9.90. The molecule has 2 aliphatic rings. The Bertz CT molecular complexity index is 887. The molecule has 162 valence electrons. The maximum atomic E-state index is 12.9. The lowest BCUT2D eigenvalue weighted by Gasteiger charge is -2.27. The van der Waals surface area contributed by atoms with Gasteiger partial charge in [0.2, 0.25) is 5.91 Å². The van der Waals surface area contributed by atoms with Crippen molar-refractivity contribution in [2.75, 3.05) is 25.0 Å². The number of carbonyl (C=O) groups is 1. The van der Waals surface area contributed by atoms with Crippen LogP contribution in [0.2, 0.25) is 0 Å². The Morgan fingerprint density at radius 3 is 2.63 bits per heavy atom. The smallest absolute Gasteiger partial charge is 0.227 e. The first-order valence-electron chi connectivity index (χ1n) is 11.9. The van der Waals surface area contributed by atoms with Crippen LogP contribution in [0.15, 0.2) is 30.5 Å². The summed E-state index contributed by atoms with van der Waals surface area (Å²) in [7, 11) is 0. The van der Waals surface area contributed by atoms with Gasteiger partial charge in [0.25, 0.3) is 0 Å². The number of nitrogens with one attached hydrogen (secondary N) is 2. The summed E-state index contributed by atoms with van der Waals surface area (Å²) in [5.74, 6) is 1.08. The van der Waals surface area contributed by atoms with Crippen LogP contribution in [0.4, 0.5) is 5.69 Å². The van der Waals surface area contributed by atoms with Crippen LogP contribution in [0.5, 0.6) is 0 Å². The fourth-order valence-electron chi connectivity index (χ4n) is 5.06. The first-order chi connectivity index (χ1) is 14.6. The van der Waals surface area contributed by atoms with E-state index in [-0.39, 0.29) is 11.8 Å². The Balaban J connectivity index is 1.48. The Hall–Kier alpha value is -2.07. The lowest BCUT2D eigenvalue weighted by molar-refractivity contribution is -0.120. The van der Waals surface area contributed by atoms with Gasteiger partial charge in [-0.3, -0.25) is 9.69 Å². The van der Waals surface area contributed by atoms with E-state index >= 15 is 0 Å². The van der Waals surface area contributed by atoms with Crippen LogP contribution >= 0.6 is 0 Å². The number of carbonyl (C=O) groups excluding carboxylic acids is 1. The van der Waals surface area contributed by atoms with Gasteiger partial charge >= 0.3 is 0 Å². The first kappa shape index (κ1) is 21.2. The minimum Gasteiger partial charge on any atom is -0.361 e. The molecule has 2 heterocycles. The van der Waals surface area contributed by atoms with Gasteiger partial charge in [-0.05, 0) is 49.0 Å². The highest BCUT2D eigenvalue weighted by molar-refractivity contribution is 5.98. The normalized spacial score (nSPS) is 19.5. The molecule has 0 bridgehead atoms. The Kier molecular flexibility index (Phi) is 6.93. The fraction of sp³-hybridized carbons (Fsp3) is 0.577. The Labute approximate surface area is 181 Å². The van der Waals surface area contributed by atoms with Gasteiger partial charge < -0.3 is 10.3 Å². The molecule has 2 N–H and O–H groups in total. The highest BCUT2D eigenvalue weighted by Gasteiger charge is 2.20. The molecular formula is C26H37N3O. The molecule has 2 aromatic rings. The number of amides is 1. The van der Waals surface area contributed by atoms with Crippen LogP contribution < -0.4 is 5.32 Å². The molecule has 30 heavy (non-hydrogen) atoms. The van der Waals surface area contributed by atoms with Gasteiger partial charge in [-0.25, -0.2) is 0 Å². The zero-order valence-electron chi connectivity index (χ0n) is 18.7. The maximum absolute atomic E-state index is 12.9. The molecule has 4 nitrogen and oxygen atoms in total. The average Bonchev–Trinajstić information content (AvgIpc) is 3.11. The predicted octanol–water partition coefficient (Wildman–Crippen LogP) is 6.21. The highest BCUT2D eigenvalue weighted by Crippen LogP contribution is 2.31. The van der Waals surface area contributed by atoms with Crippen LogP contribution in [0.1, 0.15) is 70.8 Å². The molecule has 1 aliphatic heterocycles. The quantitative estimate of drug-likeness (QED) is 0.619. The first-order valence-corrected chi connectivity index (χ1v) is 11.9. The van der Waals surface area contributed by atoms with E-state index in [0.717, 1.165) is 50.1 Å². The molecule has 1 aromatic heterocycles. The minimum absolute atomic E-state index is 0.166. The summed E-state index contributed by atoms with van der Waals surface area (Å²) < 4.78 is 0. The van der Waals surface area contributed by atoms with E-state index < -0.39 is 0 Å². The van der Waals surface area contributed by atoms with Crippen molar-refractivity contribution >= 4 is 28.1 Å². The summed E-state index contributed by atoms with van der Waals surface area (Å²) in [6.07, 6.45) is 13.9. The van der Waals surface area contributed by atoms with Crippen molar-refractivity contribution in [3.8, 4) is 0 Å². The van der Waals surface area contributed by atoms with Gasteiger partial charge in [0.15, 0.2) is 0 Å². The van der Waals surface area contributed by atoms with Crippen LogP contribution in [-0.2, 0) is 4.79 Å². The number of aromatic amines is 1. The minimum atomic E-state index is 0.166. The monoisotopic (exact) mass is 407 g/mol. The molecular weight excluding hydrogens is 370 g/mol. The number of nitrogens with zero attached hydrogens (tertiary/aromatic N) is 1. The Morgan fingerprint density at radius 2 is 1.93 bits per heavy atom. The summed E-state index contributed by atoms with van der Waals surface area (Å²) >= 11 is 0. The van der Waals surface area contributed by atoms with Crippen LogP contribution in [0.25, 0.3) is 16.5 Å². The summed E-state index contributed by atoms with van der Waals surface area (Å²) in [6, 6.07) is 6.29. The average molecular weight is 408 g/mol. The summed E-state index contributed by atoms with van der Waals surface area (Å²) in [4.78, 5) is 18.8. The van der Waals surface area contributed by atoms with Crippen molar-refractivity contribution in [1.82, 2.24) is 9.88 Å². The van der Waals surface area contributed by atoms with E-state index in [1.54, 1.807) is 0 Å². The number of fused-ring (bicyclic) bond motifs is 1. The van der Waals surface area contributed by atoms with Gasteiger partial charge in [0.05, 0.1) is 0 Å². The molecule has 4 heteroatoms. The number of anilines is 1. The van der Waals surface area contributed by atoms with Crippen LogP contribution in [0, 0.1) is 11.8 Å². The molecule has 1 amide bonds. The third-order valence-corrected chi connectivity index (χ3v) is 6.69. The van der Waals surface area contributed by atoms with Crippen LogP contribution in [-0.4, -0.2) is 35.4 Å². The van der Waals surface area contributed by atoms with Crippen molar-refractivity contribution in [3.63, 3.8) is 0 Å². The van der Waals surface area contributed by atoms with E-state index in [1.165, 1.54) is 48.6 Å². The Morgan fingerprint density at radius 1 is 1.17 bits per heavy atom. The van der Waals surface area contributed by atoms with Crippen molar-refractivity contribution in [1.29, 1.82) is 0 Å². The second-order valence-corrected chi connectivity index (χ2v) is 9.63. The van der Waals surface area contributed by atoms with Crippen molar-refractivity contribution in [2.45, 2.75) is 65.2 Å². The van der Waals surface area contributed by atoms with Gasteiger partial charge in [-0.15, -0.1) is 0 Å². The number of aromatic nitrogens is 1. The number of hydrogen-bond donors (Lipinski definition) is 2. The van der Waals surface area contributed by atoms with E-state index in [0.29, 0.717) is 5.92 Å². The zero-order valence-corrected chi connectivity index (χ0v) is 18.7. The third kappa shape index (κ3) is 5.15. The second kappa shape index (κ2) is 9.82. The van der Waals surface area contributed by atoms with Crippen LogP contribution in [0.3, 0.4) is 0 Å². The largest absolute Gasteiger partial charge is 0.361 e. The molecule has 1 aliphatic carbocycles. The molecule has 0 atom stereocenters. The molecule has 1 fully saturated rings. The predicted molar refractivity (Wildman–Crippen MR) is 127 cm³/mol. The molecule has 0 unspecified atom stereocenters.